The standard InChI is InChI=1S/C20H24FN3O/c21-17-7-5-15(6-8-17)3-1-4-18(25)24-12-2-10-20(14-24)11-9-16-13-22-23-19(16)20/h5-8,13H,1-4,9-12,14H2,(H,22,23). The maximum Gasteiger partial charge on any atom is 0.222 e. The average Bonchev–Trinajstić information content (AvgIpc) is 3.22. The van der Waals surface area contributed by atoms with Gasteiger partial charge in [-0.3, -0.25) is 9.89 Å². The molecule has 4 rings (SSSR count). The number of hydrogen-bond donors (Lipinski definition) is 1. The SMILES string of the molecule is O=C(CCCc1ccc(F)cc1)N1CCCC2(CCc3cn[nH]c32)C1. The number of H-pyrrole nitrogens is 1. The molecular formula is C20H24FN3O. The lowest BCUT2D eigenvalue weighted by Gasteiger charge is -2.40. The van der Waals surface area contributed by atoms with Gasteiger partial charge in [0.1, 0.15) is 5.82 Å². The van der Waals surface area contributed by atoms with Crippen LogP contribution in [0.3, 0.4) is 0 Å². The molecule has 1 atom stereocenters. The summed E-state index contributed by atoms with van der Waals surface area (Å²) >= 11 is 0. The molecular weight excluding hydrogens is 317 g/mol. The summed E-state index contributed by atoms with van der Waals surface area (Å²) in [4.78, 5) is 14.7. The van der Waals surface area contributed by atoms with Crippen LogP contribution in [-0.4, -0.2) is 34.1 Å². The summed E-state index contributed by atoms with van der Waals surface area (Å²) in [7, 11) is 0. The van der Waals surface area contributed by atoms with Crippen molar-refractivity contribution in [2.75, 3.05) is 13.1 Å². The summed E-state index contributed by atoms with van der Waals surface area (Å²) in [5, 5.41) is 7.39. The number of nitrogens with zero attached hydrogens (tertiary/aromatic N) is 2. The first-order valence-corrected chi connectivity index (χ1v) is 9.21. The molecule has 2 aliphatic rings. The highest BCUT2D eigenvalue weighted by Gasteiger charge is 2.44. The van der Waals surface area contributed by atoms with Crippen LogP contribution in [-0.2, 0) is 23.1 Å². The van der Waals surface area contributed by atoms with Gasteiger partial charge in [0, 0.05) is 30.6 Å². The smallest absolute Gasteiger partial charge is 0.222 e. The lowest BCUT2D eigenvalue weighted by Crippen LogP contribution is -2.47. The van der Waals surface area contributed by atoms with Gasteiger partial charge in [0.05, 0.1) is 6.20 Å². The molecule has 1 N–H and O–H groups in total. The number of halogens is 1. The number of carbonyl (C=O) groups excluding carboxylic acids is 1. The van der Waals surface area contributed by atoms with Crippen molar-refractivity contribution < 1.29 is 9.18 Å². The molecule has 0 bridgehead atoms. The molecule has 132 valence electrons. The van der Waals surface area contributed by atoms with E-state index in [4.69, 9.17) is 0 Å². The molecule has 4 nitrogen and oxygen atoms in total. The predicted molar refractivity (Wildman–Crippen MR) is 93.7 cm³/mol. The first kappa shape index (κ1) is 16.3. The van der Waals surface area contributed by atoms with Crippen molar-refractivity contribution in [3.63, 3.8) is 0 Å². The Kier molecular flexibility index (Phi) is 4.32. The number of amides is 1. The molecule has 1 spiro atoms. The highest BCUT2D eigenvalue weighted by molar-refractivity contribution is 5.76. The van der Waals surface area contributed by atoms with E-state index in [2.05, 4.69) is 10.2 Å². The Morgan fingerprint density at radius 1 is 1.28 bits per heavy atom. The molecule has 1 fully saturated rings. The number of hydrogen-bond acceptors (Lipinski definition) is 2. The largest absolute Gasteiger partial charge is 0.342 e. The van der Waals surface area contributed by atoms with E-state index in [1.807, 2.05) is 11.1 Å². The number of aromatic amines is 1. The average molecular weight is 341 g/mol. The normalized spacial score (nSPS) is 22.4. The molecule has 0 radical (unpaired) electrons. The molecule has 25 heavy (non-hydrogen) atoms. The zero-order chi connectivity index (χ0) is 17.3. The first-order chi connectivity index (χ1) is 12.2. The number of carbonyl (C=O) groups is 1. The second kappa shape index (κ2) is 6.62. The summed E-state index contributed by atoms with van der Waals surface area (Å²) in [5.74, 6) is 0.0299. The quantitative estimate of drug-likeness (QED) is 0.927. The van der Waals surface area contributed by atoms with Gasteiger partial charge in [0.2, 0.25) is 5.91 Å². The van der Waals surface area contributed by atoms with Gasteiger partial charge in [-0.15, -0.1) is 0 Å². The zero-order valence-corrected chi connectivity index (χ0v) is 14.4. The van der Waals surface area contributed by atoms with Gasteiger partial charge in [-0.1, -0.05) is 12.1 Å². The first-order valence-electron chi connectivity index (χ1n) is 9.21. The van der Waals surface area contributed by atoms with Crippen LogP contribution in [0.1, 0.15) is 48.9 Å². The number of rotatable bonds is 4. The zero-order valence-electron chi connectivity index (χ0n) is 14.4. The molecule has 1 aromatic heterocycles. The van der Waals surface area contributed by atoms with Crippen molar-refractivity contribution in [2.24, 2.45) is 0 Å². The van der Waals surface area contributed by atoms with Crippen LogP contribution in [0.25, 0.3) is 0 Å². The highest BCUT2D eigenvalue weighted by Crippen LogP contribution is 2.43. The Morgan fingerprint density at radius 2 is 2.12 bits per heavy atom. The van der Waals surface area contributed by atoms with Crippen LogP contribution in [0.5, 0.6) is 0 Å². The Morgan fingerprint density at radius 3 is 2.96 bits per heavy atom. The van der Waals surface area contributed by atoms with Crippen LogP contribution in [0.2, 0.25) is 0 Å². The van der Waals surface area contributed by atoms with Crippen molar-refractivity contribution in [3.05, 3.63) is 53.1 Å². The third kappa shape index (κ3) is 3.20. The summed E-state index contributed by atoms with van der Waals surface area (Å²) in [6, 6.07) is 6.56. The lowest BCUT2D eigenvalue weighted by molar-refractivity contribution is -0.133. The maximum atomic E-state index is 12.9. The van der Waals surface area contributed by atoms with E-state index < -0.39 is 0 Å². The van der Waals surface area contributed by atoms with E-state index in [1.165, 1.54) is 23.4 Å². The van der Waals surface area contributed by atoms with E-state index in [9.17, 15) is 9.18 Å². The molecule has 2 aromatic rings. The van der Waals surface area contributed by atoms with Crippen LogP contribution in [0.4, 0.5) is 4.39 Å². The second-order valence-electron chi connectivity index (χ2n) is 7.45. The van der Waals surface area contributed by atoms with Crippen LogP contribution < -0.4 is 0 Å². The van der Waals surface area contributed by atoms with Gasteiger partial charge in [-0.05, 0) is 61.8 Å². The van der Waals surface area contributed by atoms with E-state index >= 15 is 0 Å². The Bertz CT molecular complexity index is 755. The minimum atomic E-state index is -0.215. The van der Waals surface area contributed by atoms with Gasteiger partial charge in [-0.25, -0.2) is 4.39 Å². The number of fused-ring (bicyclic) bond motifs is 2. The number of aryl methyl sites for hydroxylation is 2. The van der Waals surface area contributed by atoms with E-state index in [0.29, 0.717) is 6.42 Å². The van der Waals surface area contributed by atoms with Crippen molar-refractivity contribution in [3.8, 4) is 0 Å². The van der Waals surface area contributed by atoms with E-state index in [-0.39, 0.29) is 17.1 Å². The van der Waals surface area contributed by atoms with Crippen molar-refractivity contribution in [1.29, 1.82) is 0 Å². The van der Waals surface area contributed by atoms with Gasteiger partial charge in [0.15, 0.2) is 0 Å². The molecule has 1 aliphatic heterocycles. The highest BCUT2D eigenvalue weighted by atomic mass is 19.1. The molecule has 1 aliphatic carbocycles. The van der Waals surface area contributed by atoms with Crippen LogP contribution in [0.15, 0.2) is 30.5 Å². The van der Waals surface area contributed by atoms with Crippen molar-refractivity contribution >= 4 is 5.91 Å². The molecule has 1 saturated heterocycles. The third-order valence-electron chi connectivity index (χ3n) is 5.82. The Hall–Kier alpha value is -2.17. The molecule has 0 saturated carbocycles. The fourth-order valence-electron chi connectivity index (χ4n) is 4.46. The molecule has 2 heterocycles. The van der Waals surface area contributed by atoms with Gasteiger partial charge in [0.25, 0.3) is 0 Å². The minimum Gasteiger partial charge on any atom is -0.342 e. The van der Waals surface area contributed by atoms with Crippen molar-refractivity contribution in [1.82, 2.24) is 15.1 Å². The summed E-state index contributed by atoms with van der Waals surface area (Å²) < 4.78 is 12.9. The summed E-state index contributed by atoms with van der Waals surface area (Å²) in [6.45, 7) is 1.68. The summed E-state index contributed by atoms with van der Waals surface area (Å²) in [6.07, 6.45) is 8.51. The third-order valence-corrected chi connectivity index (χ3v) is 5.82. The number of aromatic nitrogens is 2. The molecule has 1 aromatic carbocycles. The predicted octanol–water partition coefficient (Wildman–Crippen LogP) is 3.38. The molecule has 1 unspecified atom stereocenters. The topological polar surface area (TPSA) is 49.0 Å². The Balaban J connectivity index is 1.34. The van der Waals surface area contributed by atoms with Gasteiger partial charge < -0.3 is 4.90 Å². The van der Waals surface area contributed by atoms with Gasteiger partial charge >= 0.3 is 0 Å². The number of likely N-dealkylation sites (tertiary alicyclic amines) is 1. The molecule has 5 heteroatoms. The van der Waals surface area contributed by atoms with E-state index in [0.717, 1.165) is 57.2 Å². The fraction of sp³-hybridized carbons (Fsp3) is 0.500. The number of nitrogens with one attached hydrogen (secondary N) is 1. The van der Waals surface area contributed by atoms with Crippen LogP contribution in [0, 0.1) is 5.82 Å². The van der Waals surface area contributed by atoms with Gasteiger partial charge in [-0.2, -0.15) is 5.10 Å². The number of piperidine rings is 1. The monoisotopic (exact) mass is 341 g/mol. The fourth-order valence-corrected chi connectivity index (χ4v) is 4.46. The van der Waals surface area contributed by atoms with Crippen LogP contribution >= 0.6 is 0 Å². The summed E-state index contributed by atoms with van der Waals surface area (Å²) in [5.41, 5.74) is 3.76. The lowest BCUT2D eigenvalue weighted by atomic mass is 9.77. The van der Waals surface area contributed by atoms with Crippen molar-refractivity contribution in [2.45, 2.75) is 50.4 Å². The van der Waals surface area contributed by atoms with E-state index in [1.54, 1.807) is 12.1 Å². The second-order valence-corrected chi connectivity index (χ2v) is 7.45. The Labute approximate surface area is 147 Å². The maximum absolute atomic E-state index is 12.9. The minimum absolute atomic E-state index is 0.0939. The molecule has 1 amide bonds. The number of benzene rings is 1.